The summed E-state index contributed by atoms with van der Waals surface area (Å²) in [6.45, 7) is 2.05. The lowest BCUT2D eigenvalue weighted by Gasteiger charge is -2.08. The molecule has 0 aromatic heterocycles. The Morgan fingerprint density at radius 1 is 1.07 bits per heavy atom. The Kier molecular flexibility index (Phi) is 7.65. The molecule has 0 aliphatic rings. The molecular weight excluding hydrogens is 382 g/mol. The highest BCUT2D eigenvalue weighted by Gasteiger charge is 2.16. The standard InChI is InChI=1S/C19H23N3O5S/c1-2-3-4-15-5-7-16(8-6-15)21-19(23)13-14-20-28(26,27)18-11-9-17(10-12-18)22(24)25/h5-12,20H,2-4,13-14H2,1H3,(H,21,23). The average Bonchev–Trinajstić information content (AvgIpc) is 2.67. The second-order valence-corrected chi connectivity index (χ2v) is 8.01. The van der Waals surface area contributed by atoms with Gasteiger partial charge in [-0.25, -0.2) is 13.1 Å². The molecule has 2 aromatic carbocycles. The van der Waals surface area contributed by atoms with Gasteiger partial charge in [0.05, 0.1) is 9.82 Å². The van der Waals surface area contributed by atoms with Crippen LogP contribution in [-0.2, 0) is 21.2 Å². The minimum atomic E-state index is -3.84. The molecule has 2 rings (SSSR count). The number of hydrogen-bond acceptors (Lipinski definition) is 5. The van der Waals surface area contributed by atoms with Crippen LogP contribution in [0.5, 0.6) is 0 Å². The number of nitrogens with one attached hydrogen (secondary N) is 2. The predicted octanol–water partition coefficient (Wildman–Crippen LogP) is 3.24. The number of non-ortho nitro benzene ring substituents is 1. The molecule has 0 heterocycles. The molecule has 1 amide bonds. The zero-order valence-corrected chi connectivity index (χ0v) is 16.4. The third-order valence-electron chi connectivity index (χ3n) is 4.06. The van der Waals surface area contributed by atoms with Crippen LogP contribution in [0.1, 0.15) is 31.7 Å². The van der Waals surface area contributed by atoms with Crippen molar-refractivity contribution in [2.24, 2.45) is 0 Å². The highest BCUT2D eigenvalue weighted by molar-refractivity contribution is 7.89. The molecule has 0 atom stereocenters. The molecular formula is C19H23N3O5S. The van der Waals surface area contributed by atoms with E-state index < -0.39 is 14.9 Å². The highest BCUT2D eigenvalue weighted by Crippen LogP contribution is 2.16. The van der Waals surface area contributed by atoms with Crippen LogP contribution in [-0.4, -0.2) is 25.8 Å². The fourth-order valence-corrected chi connectivity index (χ4v) is 3.52. The lowest BCUT2D eigenvalue weighted by molar-refractivity contribution is -0.384. The van der Waals surface area contributed by atoms with Gasteiger partial charge in [0.15, 0.2) is 0 Å². The first-order valence-corrected chi connectivity index (χ1v) is 10.4. The Labute approximate surface area is 164 Å². The number of carbonyl (C=O) groups is 1. The van der Waals surface area contributed by atoms with E-state index in [-0.39, 0.29) is 29.5 Å². The summed E-state index contributed by atoms with van der Waals surface area (Å²) >= 11 is 0. The molecule has 9 heteroatoms. The zero-order valence-electron chi connectivity index (χ0n) is 15.6. The number of unbranched alkanes of at least 4 members (excludes halogenated alkanes) is 1. The topological polar surface area (TPSA) is 118 Å². The molecule has 2 N–H and O–H groups in total. The highest BCUT2D eigenvalue weighted by atomic mass is 32.2. The second kappa shape index (κ2) is 9.95. The number of aryl methyl sites for hydroxylation is 1. The molecule has 0 fully saturated rings. The maximum atomic E-state index is 12.2. The largest absolute Gasteiger partial charge is 0.326 e. The minimum Gasteiger partial charge on any atom is -0.326 e. The number of nitro groups is 1. The summed E-state index contributed by atoms with van der Waals surface area (Å²) in [5.41, 5.74) is 1.67. The van der Waals surface area contributed by atoms with Gasteiger partial charge in [-0.15, -0.1) is 0 Å². The lowest BCUT2D eigenvalue weighted by Crippen LogP contribution is -2.27. The lowest BCUT2D eigenvalue weighted by atomic mass is 10.1. The Hall–Kier alpha value is -2.78. The van der Waals surface area contributed by atoms with Crippen LogP contribution >= 0.6 is 0 Å². The monoisotopic (exact) mass is 405 g/mol. The quantitative estimate of drug-likeness (QED) is 0.465. The van der Waals surface area contributed by atoms with Crippen molar-refractivity contribution in [1.82, 2.24) is 4.72 Å². The van der Waals surface area contributed by atoms with Gasteiger partial charge >= 0.3 is 0 Å². The first-order chi connectivity index (χ1) is 13.3. The van der Waals surface area contributed by atoms with Gasteiger partial charge in [-0.05, 0) is 42.7 Å². The smallest absolute Gasteiger partial charge is 0.269 e. The van der Waals surface area contributed by atoms with Crippen LogP contribution < -0.4 is 10.0 Å². The van der Waals surface area contributed by atoms with Crippen molar-refractivity contribution in [2.75, 3.05) is 11.9 Å². The number of sulfonamides is 1. The maximum Gasteiger partial charge on any atom is 0.269 e. The van der Waals surface area contributed by atoms with Crippen LogP contribution in [0.25, 0.3) is 0 Å². The van der Waals surface area contributed by atoms with Gasteiger partial charge in [0, 0.05) is 30.8 Å². The molecule has 0 saturated carbocycles. The SMILES string of the molecule is CCCCc1ccc(NC(=O)CCNS(=O)(=O)c2ccc([N+](=O)[O-])cc2)cc1. The van der Waals surface area contributed by atoms with Crippen molar-refractivity contribution in [2.45, 2.75) is 37.5 Å². The predicted molar refractivity (Wildman–Crippen MR) is 107 cm³/mol. The van der Waals surface area contributed by atoms with E-state index in [0.29, 0.717) is 5.69 Å². The average molecular weight is 405 g/mol. The first-order valence-electron chi connectivity index (χ1n) is 8.94. The van der Waals surface area contributed by atoms with Gasteiger partial charge in [0.25, 0.3) is 5.69 Å². The van der Waals surface area contributed by atoms with E-state index in [1.54, 1.807) is 0 Å². The van der Waals surface area contributed by atoms with E-state index >= 15 is 0 Å². The van der Waals surface area contributed by atoms with Crippen LogP contribution in [0.2, 0.25) is 0 Å². The Morgan fingerprint density at radius 3 is 2.29 bits per heavy atom. The molecule has 2 aromatic rings. The number of rotatable bonds is 10. The van der Waals surface area contributed by atoms with Gasteiger partial charge in [0.2, 0.25) is 15.9 Å². The summed E-state index contributed by atoms with van der Waals surface area (Å²) in [4.78, 5) is 21.9. The molecule has 0 spiro atoms. The van der Waals surface area contributed by atoms with E-state index in [1.165, 1.54) is 5.56 Å². The second-order valence-electron chi connectivity index (χ2n) is 6.25. The minimum absolute atomic E-state index is 0.0379. The van der Waals surface area contributed by atoms with Gasteiger partial charge in [-0.2, -0.15) is 0 Å². The van der Waals surface area contributed by atoms with Crippen molar-refractivity contribution in [3.8, 4) is 0 Å². The number of amides is 1. The van der Waals surface area contributed by atoms with Crippen LogP contribution in [0, 0.1) is 10.1 Å². The summed E-state index contributed by atoms with van der Waals surface area (Å²) in [5, 5.41) is 13.3. The van der Waals surface area contributed by atoms with Crippen molar-refractivity contribution >= 4 is 27.3 Å². The zero-order chi connectivity index (χ0) is 20.6. The van der Waals surface area contributed by atoms with Crippen LogP contribution in [0.4, 0.5) is 11.4 Å². The maximum absolute atomic E-state index is 12.2. The van der Waals surface area contributed by atoms with Crippen LogP contribution in [0.15, 0.2) is 53.4 Å². The van der Waals surface area contributed by atoms with Crippen molar-refractivity contribution in [1.29, 1.82) is 0 Å². The van der Waals surface area contributed by atoms with Gasteiger partial charge in [-0.1, -0.05) is 25.5 Å². The summed E-state index contributed by atoms with van der Waals surface area (Å²) in [5.74, 6) is -0.312. The fourth-order valence-electron chi connectivity index (χ4n) is 2.49. The van der Waals surface area contributed by atoms with Crippen molar-refractivity contribution in [3.63, 3.8) is 0 Å². The molecule has 150 valence electrons. The molecule has 0 aliphatic heterocycles. The number of nitro benzene ring substituents is 1. The van der Waals surface area contributed by atoms with E-state index in [4.69, 9.17) is 0 Å². The fraction of sp³-hybridized carbons (Fsp3) is 0.316. The van der Waals surface area contributed by atoms with Gasteiger partial charge in [-0.3, -0.25) is 14.9 Å². The molecule has 0 saturated heterocycles. The third kappa shape index (κ3) is 6.43. The molecule has 0 aliphatic carbocycles. The van der Waals surface area contributed by atoms with Crippen molar-refractivity contribution < 1.29 is 18.1 Å². The molecule has 8 nitrogen and oxygen atoms in total. The summed E-state index contributed by atoms with van der Waals surface area (Å²) < 4.78 is 26.6. The number of nitrogens with zero attached hydrogens (tertiary/aromatic N) is 1. The molecule has 0 bridgehead atoms. The third-order valence-corrected chi connectivity index (χ3v) is 5.54. The number of carbonyl (C=O) groups excluding carboxylic acids is 1. The summed E-state index contributed by atoms with van der Waals surface area (Å²) in [6, 6.07) is 12.1. The number of benzene rings is 2. The normalized spacial score (nSPS) is 11.2. The van der Waals surface area contributed by atoms with E-state index in [1.807, 2.05) is 24.3 Å². The Bertz CT molecular complexity index is 910. The molecule has 0 unspecified atom stereocenters. The van der Waals surface area contributed by atoms with Gasteiger partial charge < -0.3 is 5.32 Å². The first kappa shape index (κ1) is 21.5. The number of anilines is 1. The molecule has 28 heavy (non-hydrogen) atoms. The Balaban J connectivity index is 1.83. The van der Waals surface area contributed by atoms with Crippen molar-refractivity contribution in [3.05, 3.63) is 64.2 Å². The van der Waals surface area contributed by atoms with E-state index in [9.17, 15) is 23.3 Å². The van der Waals surface area contributed by atoms with E-state index in [0.717, 1.165) is 43.5 Å². The Morgan fingerprint density at radius 2 is 1.71 bits per heavy atom. The molecule has 0 radical (unpaired) electrons. The summed E-state index contributed by atoms with van der Waals surface area (Å²) in [6.07, 6.45) is 3.19. The van der Waals surface area contributed by atoms with Gasteiger partial charge in [0.1, 0.15) is 0 Å². The summed E-state index contributed by atoms with van der Waals surface area (Å²) in [7, 11) is -3.84. The van der Waals surface area contributed by atoms with E-state index in [2.05, 4.69) is 17.0 Å². The van der Waals surface area contributed by atoms with Crippen LogP contribution in [0.3, 0.4) is 0 Å². The number of hydrogen-bond donors (Lipinski definition) is 2.